The second-order valence-electron chi connectivity index (χ2n) is 3.70. The number of methoxy groups -OCH3 is 1. The summed E-state index contributed by atoms with van der Waals surface area (Å²) in [5.41, 5.74) is 1.21. The van der Waals surface area contributed by atoms with Crippen molar-refractivity contribution >= 4 is 0 Å². The number of rotatable bonds is 2. The smallest absolute Gasteiger partial charge is 0.0835 e. The summed E-state index contributed by atoms with van der Waals surface area (Å²) < 4.78 is 5.19. The van der Waals surface area contributed by atoms with E-state index in [-0.39, 0.29) is 12.2 Å². The summed E-state index contributed by atoms with van der Waals surface area (Å²) in [6, 6.07) is 0. The molecule has 70 valence electrons. The summed E-state index contributed by atoms with van der Waals surface area (Å²) in [5.74, 6) is 0.540. The first-order valence-corrected chi connectivity index (χ1v) is 4.51. The van der Waals surface area contributed by atoms with E-state index in [0.717, 1.165) is 19.3 Å². The molecule has 1 fully saturated rings. The van der Waals surface area contributed by atoms with E-state index < -0.39 is 0 Å². The molecule has 1 rings (SSSR count). The first-order chi connectivity index (χ1) is 5.65. The number of ether oxygens (including phenoxy) is 1. The monoisotopic (exact) mass is 170 g/mol. The van der Waals surface area contributed by atoms with Gasteiger partial charge in [-0.05, 0) is 32.1 Å². The Bertz CT molecular complexity index is 165. The van der Waals surface area contributed by atoms with Crippen molar-refractivity contribution in [1.82, 2.24) is 0 Å². The first-order valence-electron chi connectivity index (χ1n) is 4.51. The Labute approximate surface area is 74.2 Å². The standard InChI is InChI=1S/C10H18O2/c1-7(2)8-4-5-9(11)10(6-8)12-3/h8-11H,1,4-6H2,2-3H3. The van der Waals surface area contributed by atoms with Crippen LogP contribution in [-0.2, 0) is 4.74 Å². The third kappa shape index (κ3) is 2.08. The minimum atomic E-state index is -0.273. The Kier molecular flexibility index (Phi) is 3.29. The van der Waals surface area contributed by atoms with Gasteiger partial charge in [0, 0.05) is 7.11 Å². The molecule has 2 heteroatoms. The van der Waals surface area contributed by atoms with E-state index in [9.17, 15) is 5.11 Å². The van der Waals surface area contributed by atoms with Gasteiger partial charge in [-0.3, -0.25) is 0 Å². The van der Waals surface area contributed by atoms with Crippen molar-refractivity contribution in [2.45, 2.75) is 38.4 Å². The minimum absolute atomic E-state index is 0.0143. The number of aliphatic hydroxyl groups is 1. The molecule has 0 aromatic carbocycles. The highest BCUT2D eigenvalue weighted by molar-refractivity contribution is 5.00. The predicted octanol–water partition coefficient (Wildman–Crippen LogP) is 1.74. The Balaban J connectivity index is 2.49. The summed E-state index contributed by atoms with van der Waals surface area (Å²) >= 11 is 0. The SMILES string of the molecule is C=C(C)C1CCC(O)C(OC)C1. The van der Waals surface area contributed by atoms with Gasteiger partial charge in [-0.1, -0.05) is 12.2 Å². The van der Waals surface area contributed by atoms with Crippen molar-refractivity contribution in [2.24, 2.45) is 5.92 Å². The van der Waals surface area contributed by atoms with E-state index in [1.807, 2.05) is 0 Å². The molecular formula is C10H18O2. The van der Waals surface area contributed by atoms with Crippen LogP contribution in [-0.4, -0.2) is 24.4 Å². The lowest BCUT2D eigenvalue weighted by atomic mass is 9.82. The number of allylic oxidation sites excluding steroid dienone is 1. The fourth-order valence-corrected chi connectivity index (χ4v) is 1.81. The van der Waals surface area contributed by atoms with Crippen LogP contribution in [0.2, 0.25) is 0 Å². The van der Waals surface area contributed by atoms with Gasteiger partial charge in [0.05, 0.1) is 12.2 Å². The number of hydrogen-bond acceptors (Lipinski definition) is 2. The summed E-state index contributed by atoms with van der Waals surface area (Å²) in [4.78, 5) is 0. The van der Waals surface area contributed by atoms with Gasteiger partial charge in [-0.15, -0.1) is 0 Å². The molecule has 1 aliphatic rings. The van der Waals surface area contributed by atoms with E-state index in [1.54, 1.807) is 7.11 Å². The average Bonchev–Trinajstić information content (AvgIpc) is 2.05. The van der Waals surface area contributed by atoms with Crippen LogP contribution in [0.1, 0.15) is 26.2 Å². The molecule has 0 aromatic heterocycles. The Morgan fingerprint density at radius 3 is 2.67 bits per heavy atom. The predicted molar refractivity (Wildman–Crippen MR) is 49.0 cm³/mol. The molecule has 12 heavy (non-hydrogen) atoms. The zero-order valence-electron chi connectivity index (χ0n) is 7.92. The van der Waals surface area contributed by atoms with Crippen LogP contribution in [0.3, 0.4) is 0 Å². The molecule has 3 unspecified atom stereocenters. The van der Waals surface area contributed by atoms with E-state index in [1.165, 1.54) is 5.57 Å². The molecule has 0 radical (unpaired) electrons. The van der Waals surface area contributed by atoms with Crippen molar-refractivity contribution in [3.05, 3.63) is 12.2 Å². The minimum Gasteiger partial charge on any atom is -0.390 e. The maximum atomic E-state index is 9.51. The Hall–Kier alpha value is -0.340. The summed E-state index contributed by atoms with van der Waals surface area (Å²) in [7, 11) is 1.66. The topological polar surface area (TPSA) is 29.5 Å². The molecule has 1 saturated carbocycles. The zero-order valence-corrected chi connectivity index (χ0v) is 7.92. The highest BCUT2D eigenvalue weighted by atomic mass is 16.5. The lowest BCUT2D eigenvalue weighted by Gasteiger charge is -2.32. The van der Waals surface area contributed by atoms with E-state index >= 15 is 0 Å². The van der Waals surface area contributed by atoms with Gasteiger partial charge >= 0.3 is 0 Å². The van der Waals surface area contributed by atoms with Crippen LogP contribution >= 0.6 is 0 Å². The lowest BCUT2D eigenvalue weighted by molar-refractivity contribution is -0.0460. The van der Waals surface area contributed by atoms with Crippen molar-refractivity contribution in [3.8, 4) is 0 Å². The van der Waals surface area contributed by atoms with Crippen molar-refractivity contribution in [2.75, 3.05) is 7.11 Å². The van der Waals surface area contributed by atoms with E-state index in [4.69, 9.17) is 4.74 Å². The molecule has 0 spiro atoms. The van der Waals surface area contributed by atoms with Crippen molar-refractivity contribution in [3.63, 3.8) is 0 Å². The molecule has 1 N–H and O–H groups in total. The third-order valence-corrected chi connectivity index (χ3v) is 2.76. The molecular weight excluding hydrogens is 152 g/mol. The normalized spacial score (nSPS) is 36.4. The van der Waals surface area contributed by atoms with Gasteiger partial charge in [-0.25, -0.2) is 0 Å². The van der Waals surface area contributed by atoms with Crippen LogP contribution < -0.4 is 0 Å². The number of hydrogen-bond donors (Lipinski definition) is 1. The van der Waals surface area contributed by atoms with Gasteiger partial charge in [0.15, 0.2) is 0 Å². The third-order valence-electron chi connectivity index (χ3n) is 2.76. The number of aliphatic hydroxyl groups excluding tert-OH is 1. The van der Waals surface area contributed by atoms with Crippen molar-refractivity contribution < 1.29 is 9.84 Å². The van der Waals surface area contributed by atoms with Gasteiger partial charge in [0.1, 0.15) is 0 Å². The highest BCUT2D eigenvalue weighted by Gasteiger charge is 2.29. The van der Waals surface area contributed by atoms with Crippen LogP contribution in [0.5, 0.6) is 0 Å². The van der Waals surface area contributed by atoms with Crippen molar-refractivity contribution in [1.29, 1.82) is 0 Å². The molecule has 0 aliphatic heterocycles. The van der Waals surface area contributed by atoms with Crippen LogP contribution in [0.15, 0.2) is 12.2 Å². The molecule has 1 aliphatic carbocycles. The summed E-state index contributed by atoms with van der Waals surface area (Å²) in [6.07, 6.45) is 2.56. The Morgan fingerprint density at radius 2 is 2.17 bits per heavy atom. The molecule has 0 amide bonds. The fourth-order valence-electron chi connectivity index (χ4n) is 1.81. The lowest BCUT2D eigenvalue weighted by Crippen LogP contribution is -2.35. The Morgan fingerprint density at radius 1 is 1.50 bits per heavy atom. The molecule has 0 bridgehead atoms. The van der Waals surface area contributed by atoms with Gasteiger partial charge in [-0.2, -0.15) is 0 Å². The maximum Gasteiger partial charge on any atom is 0.0835 e. The molecule has 0 heterocycles. The molecule has 3 atom stereocenters. The molecule has 0 saturated heterocycles. The van der Waals surface area contributed by atoms with Gasteiger partial charge in [0.25, 0.3) is 0 Å². The van der Waals surface area contributed by atoms with Gasteiger partial charge < -0.3 is 9.84 Å². The zero-order chi connectivity index (χ0) is 9.14. The first kappa shape index (κ1) is 9.75. The summed E-state index contributed by atoms with van der Waals surface area (Å²) in [6.45, 7) is 5.99. The van der Waals surface area contributed by atoms with Crippen LogP contribution in [0.25, 0.3) is 0 Å². The molecule has 0 aromatic rings. The maximum absolute atomic E-state index is 9.51. The quantitative estimate of drug-likeness (QED) is 0.640. The van der Waals surface area contributed by atoms with Crippen LogP contribution in [0, 0.1) is 5.92 Å². The fraction of sp³-hybridized carbons (Fsp3) is 0.800. The van der Waals surface area contributed by atoms with E-state index in [2.05, 4.69) is 13.5 Å². The van der Waals surface area contributed by atoms with Gasteiger partial charge in [0.2, 0.25) is 0 Å². The van der Waals surface area contributed by atoms with E-state index in [0.29, 0.717) is 5.92 Å². The van der Waals surface area contributed by atoms with Crippen LogP contribution in [0.4, 0.5) is 0 Å². The summed E-state index contributed by atoms with van der Waals surface area (Å²) in [5, 5.41) is 9.51. The second kappa shape index (κ2) is 4.06. The highest BCUT2D eigenvalue weighted by Crippen LogP contribution is 2.30. The molecule has 2 nitrogen and oxygen atoms in total. The largest absolute Gasteiger partial charge is 0.390 e. The average molecular weight is 170 g/mol. The second-order valence-corrected chi connectivity index (χ2v) is 3.70.